The minimum atomic E-state index is -1.27. The number of amides is 10. The van der Waals surface area contributed by atoms with Crippen molar-refractivity contribution >= 4 is 59.1 Å². The van der Waals surface area contributed by atoms with Crippen LogP contribution in [0.5, 0.6) is 5.75 Å². The van der Waals surface area contributed by atoms with E-state index in [-0.39, 0.29) is 63.5 Å². The number of aromatic hydroxyl groups is 1. The van der Waals surface area contributed by atoms with Gasteiger partial charge in [-0.1, -0.05) is 96.8 Å². The van der Waals surface area contributed by atoms with Gasteiger partial charge in [0, 0.05) is 39.0 Å². The van der Waals surface area contributed by atoms with Crippen molar-refractivity contribution in [3.8, 4) is 5.75 Å². The van der Waals surface area contributed by atoms with Crippen molar-refractivity contribution in [1.29, 1.82) is 0 Å². The SMILES string of the molecule is CCC(C)[C@@H]1NC(=O)[C@H](Cc2ccc(O)cc2)NC(=O)[C@@H]2CCCN2C(=O)[C@@H]2CCCN2C(=O)[C@H](CC(C)C)NC(=O)[C@H](C)NC(=O)[C@H](Cc2ccccc2)NC(=O)[C@@H](C(C)CC)NC(=O)[C@@H]2CCCN2C(=O)[C@@H]2CCCN2C1=O. The van der Waals surface area contributed by atoms with Crippen LogP contribution in [0.25, 0.3) is 0 Å². The zero-order chi connectivity index (χ0) is 57.9. The van der Waals surface area contributed by atoms with Crippen molar-refractivity contribution in [3.63, 3.8) is 0 Å². The predicted molar refractivity (Wildman–Crippen MR) is 297 cm³/mol. The van der Waals surface area contributed by atoms with Gasteiger partial charge in [0.25, 0.3) is 0 Å². The second-order valence-electron chi connectivity index (χ2n) is 23.1. The van der Waals surface area contributed by atoms with Crippen LogP contribution in [0, 0.1) is 17.8 Å². The molecule has 0 bridgehead atoms. The monoisotopic (exact) mass is 1110 g/mol. The fraction of sp³-hybridized carbons (Fsp3) is 0.627. The van der Waals surface area contributed by atoms with Crippen LogP contribution in [-0.2, 0) is 60.8 Å². The molecule has 0 aliphatic carbocycles. The first kappa shape index (κ1) is 60.6. The van der Waals surface area contributed by atoms with Gasteiger partial charge in [-0.05, 0) is 106 Å². The summed E-state index contributed by atoms with van der Waals surface area (Å²) in [7, 11) is 0. The van der Waals surface area contributed by atoms with E-state index in [4.69, 9.17) is 0 Å². The van der Waals surface area contributed by atoms with Crippen LogP contribution >= 0.6 is 0 Å². The molecule has 80 heavy (non-hydrogen) atoms. The Morgan fingerprint density at radius 3 is 1.38 bits per heavy atom. The average Bonchev–Trinajstić information content (AvgIpc) is 4.31. The number of hydrogen-bond acceptors (Lipinski definition) is 11. The molecule has 21 heteroatoms. The normalized spacial score (nSPS) is 29.1. The molecule has 2 aromatic carbocycles. The van der Waals surface area contributed by atoms with Gasteiger partial charge in [0.15, 0.2) is 0 Å². The zero-order valence-electron chi connectivity index (χ0n) is 47.5. The Morgan fingerprint density at radius 1 is 0.450 bits per heavy atom. The van der Waals surface area contributed by atoms with Gasteiger partial charge >= 0.3 is 0 Å². The Bertz CT molecular complexity index is 2580. The van der Waals surface area contributed by atoms with Gasteiger partial charge in [0.1, 0.15) is 66.2 Å². The smallest absolute Gasteiger partial charge is 0.246 e. The van der Waals surface area contributed by atoms with Crippen LogP contribution in [0.1, 0.15) is 130 Å². The van der Waals surface area contributed by atoms with Crippen LogP contribution in [0.2, 0.25) is 0 Å². The molecule has 5 heterocycles. The van der Waals surface area contributed by atoms with Crippen LogP contribution in [0.4, 0.5) is 0 Å². The first-order valence-electron chi connectivity index (χ1n) is 29.1. The quantitative estimate of drug-likeness (QED) is 0.181. The van der Waals surface area contributed by atoms with Gasteiger partial charge in [-0.2, -0.15) is 0 Å². The Labute approximate surface area is 469 Å². The number of carbonyl (C=O) groups is 10. The largest absolute Gasteiger partial charge is 0.508 e. The number of hydrogen-bond donors (Lipinski definition) is 7. The minimum Gasteiger partial charge on any atom is -0.508 e. The summed E-state index contributed by atoms with van der Waals surface area (Å²) in [5.41, 5.74) is 1.29. The third kappa shape index (κ3) is 14.5. The highest BCUT2D eigenvalue weighted by molar-refractivity contribution is 6.00. The second kappa shape index (κ2) is 27.4. The lowest BCUT2D eigenvalue weighted by atomic mass is 9.96. The average molecular weight is 1110 g/mol. The van der Waals surface area contributed by atoms with E-state index in [1.54, 1.807) is 43.3 Å². The summed E-state index contributed by atoms with van der Waals surface area (Å²) >= 11 is 0. The highest BCUT2D eigenvalue weighted by Gasteiger charge is 2.47. The molecule has 5 saturated heterocycles. The fourth-order valence-electron chi connectivity index (χ4n) is 11.9. The van der Waals surface area contributed by atoms with Crippen molar-refractivity contribution in [1.82, 2.24) is 51.5 Å². The summed E-state index contributed by atoms with van der Waals surface area (Å²) in [6, 6.07) is 4.15. The standard InChI is InChI=1S/C59H84N10O11/c1-8-35(5)48-55(76)62-41(32-38-17-11-10-12-18-38)51(72)60-37(7)50(71)63-43(31-34(3)4)56(77)68-29-15-21-46(68)57(78)66-27-13-19-44(66)53(74)61-42(33-39-23-25-40(70)26-24-39)52(73)65-49(36(6)9-2)59(80)69-30-16-22-47(69)58(79)67-28-14-20-45(67)54(75)64-48/h10-12,17-18,23-26,34-37,41-49,70H,8-9,13-16,19-22,27-33H2,1-7H3,(H,60,72)(H,61,74)(H,62,76)(H,63,71)(H,64,75)(H,65,73)/t35?,36?,37-,41-,42-,43-,44-,45-,46-,47-,48+,49-/m0/s1. The maximum absolute atomic E-state index is 14.9. The molecular formula is C59H84N10O11. The number of rotatable bonds is 10. The Hall–Kier alpha value is -7.06. The number of phenols is 1. The molecule has 5 fully saturated rings. The van der Waals surface area contributed by atoms with Gasteiger partial charge in [-0.25, -0.2) is 0 Å². The lowest BCUT2D eigenvalue weighted by Gasteiger charge is -2.35. The highest BCUT2D eigenvalue weighted by atomic mass is 16.3. The Kier molecular flexibility index (Phi) is 20.8. The molecular weight excluding hydrogens is 1020 g/mol. The molecule has 12 atom stereocenters. The maximum Gasteiger partial charge on any atom is 0.246 e. The summed E-state index contributed by atoms with van der Waals surface area (Å²) in [6.45, 7) is 13.5. The number of nitrogens with zero attached hydrogens (tertiary/aromatic N) is 4. The van der Waals surface area contributed by atoms with Crippen LogP contribution in [-0.4, -0.2) is 170 Å². The van der Waals surface area contributed by atoms with Crippen molar-refractivity contribution < 1.29 is 53.1 Å². The first-order valence-corrected chi connectivity index (χ1v) is 29.1. The first-order chi connectivity index (χ1) is 38.2. The number of nitrogens with one attached hydrogen (secondary N) is 6. The molecule has 0 spiro atoms. The number of benzene rings is 2. The molecule has 10 amide bonds. The molecule has 2 unspecified atom stereocenters. The molecule has 0 aromatic heterocycles. The molecule has 0 radical (unpaired) electrons. The lowest BCUT2D eigenvalue weighted by Crippen LogP contribution is -2.62. The van der Waals surface area contributed by atoms with E-state index < -0.39 is 131 Å². The topological polar surface area (TPSA) is 276 Å². The summed E-state index contributed by atoms with van der Waals surface area (Å²) in [6.07, 6.45) is 4.17. The van der Waals surface area contributed by atoms with Crippen molar-refractivity contribution in [2.75, 3.05) is 26.2 Å². The van der Waals surface area contributed by atoms with E-state index in [1.165, 1.54) is 38.7 Å². The molecule has 7 rings (SSSR count). The third-order valence-corrected chi connectivity index (χ3v) is 16.9. The molecule has 5 aliphatic heterocycles. The molecule has 21 nitrogen and oxygen atoms in total. The molecule has 0 saturated carbocycles. The van der Waals surface area contributed by atoms with Crippen molar-refractivity contribution in [2.24, 2.45) is 17.8 Å². The van der Waals surface area contributed by atoms with E-state index >= 15 is 0 Å². The second-order valence-corrected chi connectivity index (χ2v) is 23.1. The highest BCUT2D eigenvalue weighted by Crippen LogP contribution is 2.30. The summed E-state index contributed by atoms with van der Waals surface area (Å²) < 4.78 is 0. The number of phenolic OH excluding ortho intramolecular Hbond substituents is 1. The van der Waals surface area contributed by atoms with E-state index in [0.717, 1.165) is 0 Å². The summed E-state index contributed by atoms with van der Waals surface area (Å²) in [4.78, 5) is 152. The maximum atomic E-state index is 14.9. The van der Waals surface area contributed by atoms with Gasteiger partial charge in [0.05, 0.1) is 0 Å². The van der Waals surface area contributed by atoms with Gasteiger partial charge in [0.2, 0.25) is 59.1 Å². The minimum absolute atomic E-state index is 0.00659. The predicted octanol–water partition coefficient (Wildman–Crippen LogP) is 2.22. The van der Waals surface area contributed by atoms with Gasteiger partial charge in [-0.15, -0.1) is 0 Å². The van der Waals surface area contributed by atoms with E-state index in [0.29, 0.717) is 68.9 Å². The van der Waals surface area contributed by atoms with E-state index in [9.17, 15) is 53.1 Å². The van der Waals surface area contributed by atoms with Crippen molar-refractivity contribution in [2.45, 2.75) is 192 Å². The Balaban J connectivity index is 1.24. The van der Waals surface area contributed by atoms with Crippen LogP contribution in [0.15, 0.2) is 54.6 Å². The third-order valence-electron chi connectivity index (χ3n) is 16.9. The lowest BCUT2D eigenvalue weighted by molar-refractivity contribution is -0.149. The molecule has 7 N–H and O–H groups in total. The van der Waals surface area contributed by atoms with Gasteiger partial charge < -0.3 is 56.6 Å². The summed E-state index contributed by atoms with van der Waals surface area (Å²) in [5, 5.41) is 27.3. The van der Waals surface area contributed by atoms with Gasteiger partial charge in [-0.3, -0.25) is 47.9 Å². The van der Waals surface area contributed by atoms with Crippen LogP contribution < -0.4 is 31.9 Å². The van der Waals surface area contributed by atoms with Crippen LogP contribution in [0.3, 0.4) is 0 Å². The zero-order valence-corrected chi connectivity index (χ0v) is 47.5. The molecule has 436 valence electrons. The summed E-state index contributed by atoms with van der Waals surface area (Å²) in [5.74, 6) is -6.69. The molecule has 2 aromatic rings. The van der Waals surface area contributed by atoms with E-state index in [2.05, 4.69) is 31.9 Å². The van der Waals surface area contributed by atoms with E-state index in [1.807, 2.05) is 40.7 Å². The molecule has 5 aliphatic rings. The number of carbonyl (C=O) groups excluding carboxylic acids is 10. The fourth-order valence-corrected chi connectivity index (χ4v) is 11.9. The Morgan fingerprint density at radius 2 is 0.863 bits per heavy atom. The van der Waals surface area contributed by atoms with Crippen molar-refractivity contribution in [3.05, 3.63) is 65.7 Å². The number of fused-ring (bicyclic) bond motifs is 4.